The van der Waals surface area contributed by atoms with Gasteiger partial charge in [0.2, 0.25) is 0 Å². The van der Waals surface area contributed by atoms with Crippen molar-refractivity contribution in [1.29, 1.82) is 0 Å². The highest BCUT2D eigenvalue weighted by molar-refractivity contribution is 7.47. The summed E-state index contributed by atoms with van der Waals surface area (Å²) in [7, 11) is -9.95. The summed E-state index contributed by atoms with van der Waals surface area (Å²) in [6, 6.07) is 0. The Morgan fingerprint density at radius 2 is 0.590 bits per heavy atom. The molecule has 0 fully saturated rings. The van der Waals surface area contributed by atoms with Gasteiger partial charge in [0.05, 0.1) is 26.4 Å². The fraction of sp³-hybridized carbons (Fsp3) is 0.852. The van der Waals surface area contributed by atoms with Gasteiger partial charge in [-0.05, 0) is 88.9 Å². The van der Waals surface area contributed by atoms with Crippen molar-refractivity contribution >= 4 is 39.5 Å². The van der Waals surface area contributed by atoms with Gasteiger partial charge >= 0.3 is 39.5 Å². The number of hydrogen-bond donors (Lipinski definition) is 3. The number of hydrogen-bond acceptors (Lipinski definition) is 15. The molecule has 0 saturated heterocycles. The summed E-state index contributed by atoms with van der Waals surface area (Å²) in [5.74, 6) is -0.598. The van der Waals surface area contributed by atoms with E-state index in [9.17, 15) is 43.2 Å². The Morgan fingerprint density at radius 3 is 0.890 bits per heavy atom. The molecule has 0 spiro atoms. The first-order chi connectivity index (χ1) is 48.4. The summed E-state index contributed by atoms with van der Waals surface area (Å²) in [6.07, 6.45) is 66.7. The molecular formula is C81H150O17P2. The van der Waals surface area contributed by atoms with E-state index in [1.54, 1.807) is 0 Å². The predicted molar refractivity (Wildman–Crippen MR) is 409 cm³/mol. The number of unbranched alkanes of at least 4 members (excludes halogenated alkanes) is 39. The van der Waals surface area contributed by atoms with Crippen molar-refractivity contribution in [2.75, 3.05) is 39.6 Å². The number of aliphatic hydroxyl groups is 1. The quantitative estimate of drug-likeness (QED) is 0.0169. The van der Waals surface area contributed by atoms with Crippen LogP contribution >= 0.6 is 15.6 Å². The first kappa shape index (κ1) is 97.0. The molecule has 0 aliphatic carbocycles. The molecular weight excluding hydrogens is 1310 g/mol. The first-order valence-electron chi connectivity index (χ1n) is 40.7. The van der Waals surface area contributed by atoms with Crippen LogP contribution in [0.25, 0.3) is 0 Å². The molecule has 19 heteroatoms. The average Bonchev–Trinajstić information content (AvgIpc) is 0.968. The van der Waals surface area contributed by atoms with Gasteiger partial charge in [0, 0.05) is 25.7 Å². The maximum Gasteiger partial charge on any atom is 0.472 e. The number of phosphoric acid groups is 2. The lowest BCUT2D eigenvalue weighted by atomic mass is 9.99. The second kappa shape index (κ2) is 71.6. The lowest BCUT2D eigenvalue weighted by molar-refractivity contribution is -0.161. The van der Waals surface area contributed by atoms with Crippen molar-refractivity contribution < 1.29 is 80.2 Å². The Labute approximate surface area is 610 Å². The van der Waals surface area contributed by atoms with Gasteiger partial charge in [-0.2, -0.15) is 0 Å². The fourth-order valence-electron chi connectivity index (χ4n) is 11.4. The summed E-state index contributed by atoms with van der Waals surface area (Å²) >= 11 is 0. The predicted octanol–water partition coefficient (Wildman–Crippen LogP) is 23.4. The molecule has 0 aliphatic rings. The van der Waals surface area contributed by atoms with Crippen molar-refractivity contribution in [2.24, 2.45) is 11.8 Å². The van der Waals surface area contributed by atoms with Crippen LogP contribution < -0.4 is 0 Å². The number of esters is 4. The number of aliphatic hydroxyl groups excluding tert-OH is 1. The van der Waals surface area contributed by atoms with Crippen molar-refractivity contribution in [3.63, 3.8) is 0 Å². The van der Waals surface area contributed by atoms with Gasteiger partial charge in [-0.15, -0.1) is 0 Å². The Kier molecular flexibility index (Phi) is 69.5. The van der Waals surface area contributed by atoms with Crippen LogP contribution in [0.1, 0.15) is 375 Å². The Hall–Kier alpha value is -2.98. The van der Waals surface area contributed by atoms with E-state index >= 15 is 0 Å². The van der Waals surface area contributed by atoms with Crippen molar-refractivity contribution in [3.05, 3.63) is 48.6 Å². The fourth-order valence-corrected chi connectivity index (χ4v) is 13.0. The van der Waals surface area contributed by atoms with Crippen molar-refractivity contribution in [1.82, 2.24) is 0 Å². The van der Waals surface area contributed by atoms with Gasteiger partial charge in [-0.1, -0.05) is 321 Å². The maximum absolute atomic E-state index is 13.1. The molecule has 0 aromatic rings. The lowest BCUT2D eigenvalue weighted by Crippen LogP contribution is -2.30. The molecule has 586 valence electrons. The Balaban J connectivity index is 5.33. The van der Waals surface area contributed by atoms with Crippen LogP contribution in [0.2, 0.25) is 0 Å². The molecule has 3 unspecified atom stereocenters. The molecule has 100 heavy (non-hydrogen) atoms. The molecule has 0 bridgehead atoms. The maximum atomic E-state index is 13.1. The molecule has 0 rings (SSSR count). The summed E-state index contributed by atoms with van der Waals surface area (Å²) < 4.78 is 68.6. The summed E-state index contributed by atoms with van der Waals surface area (Å²) in [6.45, 7) is 9.52. The molecule has 0 heterocycles. The van der Waals surface area contributed by atoms with E-state index in [2.05, 4.69) is 90.2 Å². The summed E-state index contributed by atoms with van der Waals surface area (Å²) in [5.41, 5.74) is 0. The molecule has 0 aliphatic heterocycles. The number of carbonyl (C=O) groups excluding carboxylic acids is 4. The number of carbonyl (C=O) groups is 4. The number of ether oxygens (including phenoxy) is 4. The smallest absolute Gasteiger partial charge is 0.462 e. The molecule has 6 atom stereocenters. The topological polar surface area (TPSA) is 237 Å². The third-order valence-corrected chi connectivity index (χ3v) is 20.0. The normalized spacial score (nSPS) is 14.5. The second-order valence-corrected chi connectivity index (χ2v) is 31.4. The first-order valence-corrected chi connectivity index (χ1v) is 43.7. The van der Waals surface area contributed by atoms with Crippen LogP contribution in [0.4, 0.5) is 0 Å². The van der Waals surface area contributed by atoms with Gasteiger partial charge in [0.15, 0.2) is 12.2 Å². The molecule has 0 aromatic carbocycles. The van der Waals surface area contributed by atoms with E-state index in [0.717, 1.165) is 134 Å². The third-order valence-electron chi connectivity index (χ3n) is 18.1. The molecule has 0 saturated carbocycles. The second-order valence-electron chi connectivity index (χ2n) is 28.5. The van der Waals surface area contributed by atoms with Gasteiger partial charge in [0.25, 0.3) is 0 Å². The minimum absolute atomic E-state index is 0.0823. The van der Waals surface area contributed by atoms with Gasteiger partial charge in [-0.3, -0.25) is 37.3 Å². The Bertz CT molecular complexity index is 2120. The molecule has 0 aromatic heterocycles. The standard InChI is InChI=1S/C81H150O17P2/c1-7-10-12-14-16-18-20-22-25-30-34-38-45-51-57-63-78(83)91-69-76(97-80(85)66-60-54-48-40-36-32-28-24-27-29-33-37-43-49-55-61-73(4)5)71-95-99(87,88)93-67-75(82)68-94-100(89,90)96-72-77(70-92-79(84)64-58-52-46-42-41-44-50-56-62-74(6)9-3)98-81(86)65-59-53-47-39-35-31-26-23-21-19-17-15-13-11-8-2/h18-23,25-26,73-77,82H,7-17,24,27-72H2,1-6H3,(H,87,88)(H,89,90)/b20-18-,21-19-,25-22-,26-23-/t74?,75-,76-,77-/m1/s1. The van der Waals surface area contributed by atoms with Gasteiger partial charge < -0.3 is 33.8 Å². The summed E-state index contributed by atoms with van der Waals surface area (Å²) in [5, 5.41) is 10.6. The zero-order chi connectivity index (χ0) is 73.5. The lowest BCUT2D eigenvalue weighted by Gasteiger charge is -2.21. The van der Waals surface area contributed by atoms with Crippen LogP contribution in [0.3, 0.4) is 0 Å². The van der Waals surface area contributed by atoms with Gasteiger partial charge in [-0.25, -0.2) is 9.13 Å². The van der Waals surface area contributed by atoms with Gasteiger partial charge in [0.1, 0.15) is 19.3 Å². The Morgan fingerprint density at radius 1 is 0.330 bits per heavy atom. The molecule has 0 amide bonds. The summed E-state index contributed by atoms with van der Waals surface area (Å²) in [4.78, 5) is 73.0. The van der Waals surface area contributed by atoms with Crippen LogP contribution in [0, 0.1) is 11.8 Å². The van der Waals surface area contributed by atoms with Crippen molar-refractivity contribution in [3.8, 4) is 0 Å². The van der Waals surface area contributed by atoms with Crippen LogP contribution in [0.15, 0.2) is 48.6 Å². The van der Waals surface area contributed by atoms with E-state index in [1.807, 2.05) is 0 Å². The minimum Gasteiger partial charge on any atom is -0.462 e. The number of rotatable bonds is 76. The van der Waals surface area contributed by atoms with E-state index in [1.165, 1.54) is 161 Å². The molecule has 3 N–H and O–H groups in total. The van der Waals surface area contributed by atoms with E-state index < -0.39 is 97.5 Å². The van der Waals surface area contributed by atoms with Crippen LogP contribution in [-0.2, 0) is 65.4 Å². The van der Waals surface area contributed by atoms with Crippen LogP contribution in [0.5, 0.6) is 0 Å². The SMILES string of the molecule is CCCCCC/C=C\C=C/CCCCCCCC(=O)OC[C@H](COP(=O)(O)OC[C@@H](O)COP(=O)(O)OC[C@@H](COC(=O)CCCCCCCCCCC(C)CC)OC(=O)CCCCCCC/C=C\C=C/CCCCCC)OC(=O)CCCCCCCCCCCCCCCCCC(C)C. The van der Waals surface area contributed by atoms with Crippen molar-refractivity contribution in [2.45, 2.75) is 394 Å². The zero-order valence-corrected chi connectivity index (χ0v) is 66.3. The monoisotopic (exact) mass is 1460 g/mol. The number of phosphoric ester groups is 2. The van der Waals surface area contributed by atoms with E-state index in [-0.39, 0.29) is 25.7 Å². The van der Waals surface area contributed by atoms with Crippen LogP contribution in [-0.4, -0.2) is 96.7 Å². The third kappa shape index (κ3) is 72.0. The molecule has 17 nitrogen and oxygen atoms in total. The van der Waals surface area contributed by atoms with E-state index in [4.69, 9.17) is 37.0 Å². The number of allylic oxidation sites excluding steroid dienone is 8. The highest BCUT2D eigenvalue weighted by Gasteiger charge is 2.30. The van der Waals surface area contributed by atoms with E-state index in [0.29, 0.717) is 25.7 Å². The molecule has 0 radical (unpaired) electrons. The highest BCUT2D eigenvalue weighted by atomic mass is 31.2. The minimum atomic E-state index is -4.97. The largest absolute Gasteiger partial charge is 0.472 e. The average molecular weight is 1460 g/mol. The zero-order valence-electron chi connectivity index (χ0n) is 64.5. The highest BCUT2D eigenvalue weighted by Crippen LogP contribution is 2.45.